The molecule has 1 unspecified atom stereocenters. The van der Waals surface area contributed by atoms with Gasteiger partial charge in [0.2, 0.25) is 5.91 Å². The van der Waals surface area contributed by atoms with Gasteiger partial charge in [0.15, 0.2) is 5.78 Å². The number of amides is 1. The summed E-state index contributed by atoms with van der Waals surface area (Å²) in [5.74, 6) is 1.19. The Balaban J connectivity index is 1.95. The average Bonchev–Trinajstić information content (AvgIpc) is 2.97. The van der Waals surface area contributed by atoms with Crippen LogP contribution in [0.5, 0.6) is 11.5 Å². The van der Waals surface area contributed by atoms with Gasteiger partial charge in [0, 0.05) is 39.8 Å². The van der Waals surface area contributed by atoms with Gasteiger partial charge in [-0.15, -0.1) is 11.3 Å². The summed E-state index contributed by atoms with van der Waals surface area (Å²) in [6, 6.07) is 7.13. The predicted octanol–water partition coefficient (Wildman–Crippen LogP) is 4.22. The fourth-order valence-electron chi connectivity index (χ4n) is 2.84. The van der Waals surface area contributed by atoms with Crippen LogP contribution in [0.4, 0.5) is 0 Å². The van der Waals surface area contributed by atoms with Gasteiger partial charge in [-0.2, -0.15) is 0 Å². The largest absolute Gasteiger partial charge is 0.497 e. The molecule has 1 amide bonds. The molecule has 1 atom stereocenters. The maximum atomic E-state index is 12.3. The molecule has 6 heteroatoms. The Morgan fingerprint density at radius 3 is 2.42 bits per heavy atom. The molecule has 140 valence electrons. The van der Waals surface area contributed by atoms with Crippen LogP contribution in [-0.2, 0) is 4.79 Å². The highest BCUT2D eigenvalue weighted by atomic mass is 32.1. The summed E-state index contributed by atoms with van der Waals surface area (Å²) in [4.78, 5) is 26.7. The SMILES string of the molecule is COc1ccc(C(C)NC(=O)CCC(=O)c2cc(C)sc2C)c(OC)c1. The minimum absolute atomic E-state index is 0.0108. The van der Waals surface area contributed by atoms with Gasteiger partial charge in [-0.25, -0.2) is 0 Å². The Kier molecular flexibility index (Phi) is 6.80. The number of carbonyl (C=O) groups is 2. The first-order chi connectivity index (χ1) is 12.3. The van der Waals surface area contributed by atoms with E-state index in [0.29, 0.717) is 11.5 Å². The maximum absolute atomic E-state index is 12.3. The Morgan fingerprint density at radius 2 is 1.85 bits per heavy atom. The standard InChI is InChI=1S/C20H25NO4S/c1-12-10-17(14(3)26-12)18(22)8-9-20(23)21-13(2)16-7-6-15(24-4)11-19(16)25-5/h6-7,10-11,13H,8-9H2,1-5H3,(H,21,23). The first-order valence-corrected chi connectivity index (χ1v) is 9.28. The molecular formula is C20H25NO4S. The Morgan fingerprint density at radius 1 is 1.12 bits per heavy atom. The van der Waals surface area contributed by atoms with E-state index in [4.69, 9.17) is 9.47 Å². The lowest BCUT2D eigenvalue weighted by atomic mass is 10.0. The van der Waals surface area contributed by atoms with Gasteiger partial charge in [-0.1, -0.05) is 0 Å². The van der Waals surface area contributed by atoms with Crippen LogP contribution in [0.1, 0.15) is 51.5 Å². The second-order valence-corrected chi connectivity index (χ2v) is 7.61. The second-order valence-electron chi connectivity index (χ2n) is 6.15. The molecule has 0 saturated carbocycles. The summed E-state index contributed by atoms with van der Waals surface area (Å²) in [5.41, 5.74) is 1.59. The number of rotatable bonds is 8. The number of thiophene rings is 1. The van der Waals surface area contributed by atoms with E-state index in [1.54, 1.807) is 31.6 Å². The van der Waals surface area contributed by atoms with Gasteiger partial charge < -0.3 is 14.8 Å². The van der Waals surface area contributed by atoms with Crippen molar-refractivity contribution < 1.29 is 19.1 Å². The molecule has 0 saturated heterocycles. The zero-order valence-corrected chi connectivity index (χ0v) is 16.7. The minimum Gasteiger partial charge on any atom is -0.497 e. The summed E-state index contributed by atoms with van der Waals surface area (Å²) in [5, 5.41) is 2.93. The minimum atomic E-state index is -0.233. The average molecular weight is 375 g/mol. The molecule has 1 aromatic carbocycles. The third kappa shape index (κ3) is 4.85. The topological polar surface area (TPSA) is 64.6 Å². The van der Waals surface area contributed by atoms with E-state index in [1.165, 1.54) is 0 Å². The monoisotopic (exact) mass is 375 g/mol. The van der Waals surface area contributed by atoms with Gasteiger partial charge in [-0.3, -0.25) is 9.59 Å². The summed E-state index contributed by atoms with van der Waals surface area (Å²) >= 11 is 1.60. The number of aryl methyl sites for hydroxylation is 2. The first kappa shape index (κ1) is 20.0. The van der Waals surface area contributed by atoms with E-state index in [-0.39, 0.29) is 30.6 Å². The van der Waals surface area contributed by atoms with E-state index in [1.807, 2.05) is 39.0 Å². The number of ether oxygens (including phenoxy) is 2. The number of carbonyl (C=O) groups excluding carboxylic acids is 2. The van der Waals surface area contributed by atoms with Gasteiger partial charge in [0.1, 0.15) is 11.5 Å². The molecule has 5 nitrogen and oxygen atoms in total. The molecule has 0 radical (unpaired) electrons. The lowest BCUT2D eigenvalue weighted by Gasteiger charge is -2.18. The van der Waals surface area contributed by atoms with Crippen LogP contribution in [0.25, 0.3) is 0 Å². The second kappa shape index (κ2) is 8.85. The van der Waals surface area contributed by atoms with E-state index >= 15 is 0 Å². The van der Waals surface area contributed by atoms with Crippen molar-refractivity contribution >= 4 is 23.0 Å². The van der Waals surface area contributed by atoms with Crippen LogP contribution < -0.4 is 14.8 Å². The van der Waals surface area contributed by atoms with Crippen molar-refractivity contribution in [2.24, 2.45) is 0 Å². The van der Waals surface area contributed by atoms with Crippen molar-refractivity contribution in [1.82, 2.24) is 5.32 Å². The smallest absolute Gasteiger partial charge is 0.220 e. The number of methoxy groups -OCH3 is 2. The molecular weight excluding hydrogens is 350 g/mol. The first-order valence-electron chi connectivity index (χ1n) is 8.47. The highest BCUT2D eigenvalue weighted by Crippen LogP contribution is 2.29. The molecule has 0 fully saturated rings. The molecule has 0 aliphatic rings. The van der Waals surface area contributed by atoms with Gasteiger partial charge in [-0.05, 0) is 39.0 Å². The van der Waals surface area contributed by atoms with Gasteiger partial charge >= 0.3 is 0 Å². The van der Waals surface area contributed by atoms with Crippen molar-refractivity contribution in [1.29, 1.82) is 0 Å². The van der Waals surface area contributed by atoms with Crippen molar-refractivity contribution in [2.45, 2.75) is 39.7 Å². The molecule has 0 aliphatic heterocycles. The Bertz CT molecular complexity index is 797. The van der Waals surface area contributed by atoms with Gasteiger partial charge in [0.05, 0.1) is 20.3 Å². The molecule has 0 bridgehead atoms. The summed E-state index contributed by atoms with van der Waals surface area (Å²) in [6.45, 7) is 5.80. The lowest BCUT2D eigenvalue weighted by Crippen LogP contribution is -2.27. The number of hydrogen-bond donors (Lipinski definition) is 1. The highest BCUT2D eigenvalue weighted by Gasteiger charge is 2.17. The number of ketones is 1. The van der Waals surface area contributed by atoms with Crippen LogP contribution in [0.15, 0.2) is 24.3 Å². The van der Waals surface area contributed by atoms with Crippen LogP contribution in [-0.4, -0.2) is 25.9 Å². The molecule has 0 spiro atoms. The van der Waals surface area contributed by atoms with E-state index < -0.39 is 0 Å². The normalized spacial score (nSPS) is 11.7. The zero-order valence-electron chi connectivity index (χ0n) is 15.8. The zero-order chi connectivity index (χ0) is 19.3. The number of Topliss-reactive ketones (excluding diaryl/α,β-unsaturated/α-hetero) is 1. The van der Waals surface area contributed by atoms with E-state index in [0.717, 1.165) is 20.9 Å². The third-order valence-corrected chi connectivity index (χ3v) is 5.17. The molecule has 26 heavy (non-hydrogen) atoms. The Hall–Kier alpha value is -2.34. The maximum Gasteiger partial charge on any atom is 0.220 e. The van der Waals surface area contributed by atoms with Crippen LogP contribution in [0.3, 0.4) is 0 Å². The predicted molar refractivity (Wildman–Crippen MR) is 103 cm³/mol. The third-order valence-electron chi connectivity index (χ3n) is 4.21. The summed E-state index contributed by atoms with van der Waals surface area (Å²) in [7, 11) is 3.17. The molecule has 1 heterocycles. The number of hydrogen-bond acceptors (Lipinski definition) is 5. The number of nitrogens with one attached hydrogen (secondary N) is 1. The molecule has 1 aromatic heterocycles. The quantitative estimate of drug-likeness (QED) is 0.702. The highest BCUT2D eigenvalue weighted by molar-refractivity contribution is 7.12. The van der Waals surface area contributed by atoms with E-state index in [2.05, 4.69) is 5.32 Å². The molecule has 1 N–H and O–H groups in total. The fraction of sp³-hybridized carbons (Fsp3) is 0.400. The summed E-state index contributed by atoms with van der Waals surface area (Å²) < 4.78 is 10.6. The van der Waals surface area contributed by atoms with Crippen molar-refractivity contribution in [3.05, 3.63) is 45.1 Å². The van der Waals surface area contributed by atoms with E-state index in [9.17, 15) is 9.59 Å². The number of benzene rings is 1. The van der Waals surface area contributed by atoms with Crippen LogP contribution in [0.2, 0.25) is 0 Å². The molecule has 2 rings (SSSR count). The fourth-order valence-corrected chi connectivity index (χ4v) is 3.78. The lowest BCUT2D eigenvalue weighted by molar-refractivity contribution is -0.121. The van der Waals surface area contributed by atoms with Crippen molar-refractivity contribution in [2.75, 3.05) is 14.2 Å². The molecule has 0 aliphatic carbocycles. The molecule has 2 aromatic rings. The Labute approximate surface area is 158 Å². The van der Waals surface area contributed by atoms with Crippen molar-refractivity contribution in [3.63, 3.8) is 0 Å². The van der Waals surface area contributed by atoms with Crippen molar-refractivity contribution in [3.8, 4) is 11.5 Å². The van der Waals surface area contributed by atoms with Crippen LogP contribution >= 0.6 is 11.3 Å². The van der Waals surface area contributed by atoms with Gasteiger partial charge in [0.25, 0.3) is 0 Å². The van der Waals surface area contributed by atoms with Crippen LogP contribution in [0, 0.1) is 13.8 Å². The summed E-state index contributed by atoms with van der Waals surface area (Å²) in [6.07, 6.45) is 0.366.